The van der Waals surface area contributed by atoms with Crippen molar-refractivity contribution in [1.29, 1.82) is 0 Å². The van der Waals surface area contributed by atoms with Gasteiger partial charge in [-0.2, -0.15) is 0 Å². The molecule has 2 N–H and O–H groups in total. The van der Waals surface area contributed by atoms with Crippen molar-refractivity contribution in [2.45, 2.75) is 0 Å². The molecule has 0 fully saturated rings. The molecule has 0 saturated carbocycles. The normalized spacial score (nSPS) is 10.2. The van der Waals surface area contributed by atoms with Crippen LogP contribution in [-0.4, -0.2) is 10.2 Å². The summed E-state index contributed by atoms with van der Waals surface area (Å²) in [7, 11) is 0. The number of benzene rings is 2. The summed E-state index contributed by atoms with van der Waals surface area (Å²) >= 11 is 3.19. The Morgan fingerprint density at radius 1 is 0.941 bits per heavy atom. The van der Waals surface area contributed by atoms with Gasteiger partial charge in [-0.25, -0.2) is 4.39 Å². The monoisotopic (exact) mass is 298 g/mol. The lowest BCUT2D eigenvalue weighted by Gasteiger charge is -2.09. The van der Waals surface area contributed by atoms with Crippen LogP contribution in [0.25, 0.3) is 0 Å². The Morgan fingerprint density at radius 2 is 1.53 bits per heavy atom. The second kappa shape index (κ2) is 4.63. The Hall–Kier alpha value is -1.75. The molecule has 88 valence electrons. The first-order valence-corrected chi connectivity index (χ1v) is 5.50. The second-order valence-electron chi connectivity index (χ2n) is 3.33. The summed E-state index contributed by atoms with van der Waals surface area (Å²) in [6.07, 6.45) is 0. The van der Waals surface area contributed by atoms with Gasteiger partial charge in [0.2, 0.25) is 0 Å². The molecule has 0 amide bonds. The highest BCUT2D eigenvalue weighted by molar-refractivity contribution is 9.10. The average Bonchev–Trinajstić information content (AvgIpc) is 2.25. The zero-order valence-corrected chi connectivity index (χ0v) is 10.1. The molecule has 0 heterocycles. The topological polar surface area (TPSA) is 49.7 Å². The Kier molecular flexibility index (Phi) is 3.19. The molecule has 0 atom stereocenters. The fourth-order valence-corrected chi connectivity index (χ4v) is 1.62. The summed E-state index contributed by atoms with van der Waals surface area (Å²) in [5.74, 6) is -0.718. The van der Waals surface area contributed by atoms with Crippen LogP contribution in [0.5, 0.6) is 23.0 Å². The molecule has 2 aromatic carbocycles. The van der Waals surface area contributed by atoms with Crippen LogP contribution in [0, 0.1) is 5.82 Å². The third-order valence-electron chi connectivity index (χ3n) is 2.06. The lowest BCUT2D eigenvalue weighted by Crippen LogP contribution is -1.86. The molecule has 3 nitrogen and oxygen atoms in total. The number of phenols is 2. The quantitative estimate of drug-likeness (QED) is 0.887. The lowest BCUT2D eigenvalue weighted by molar-refractivity contribution is 0.383. The molecule has 0 saturated heterocycles. The van der Waals surface area contributed by atoms with E-state index in [0.717, 1.165) is 12.1 Å². The van der Waals surface area contributed by atoms with E-state index in [4.69, 9.17) is 4.74 Å². The van der Waals surface area contributed by atoms with Gasteiger partial charge in [0.15, 0.2) is 23.0 Å². The van der Waals surface area contributed by atoms with E-state index >= 15 is 0 Å². The third-order valence-corrected chi connectivity index (χ3v) is 2.56. The molecular weight excluding hydrogens is 291 g/mol. The minimum Gasteiger partial charge on any atom is -0.504 e. The van der Waals surface area contributed by atoms with Gasteiger partial charge in [0.05, 0.1) is 0 Å². The second-order valence-corrected chi connectivity index (χ2v) is 4.24. The summed E-state index contributed by atoms with van der Waals surface area (Å²) in [6, 6.07) is 8.04. The van der Waals surface area contributed by atoms with Gasteiger partial charge >= 0.3 is 0 Å². The summed E-state index contributed by atoms with van der Waals surface area (Å²) in [5, 5.41) is 19.0. The number of hydrogen-bond acceptors (Lipinski definition) is 3. The lowest BCUT2D eigenvalue weighted by atomic mass is 10.3. The highest BCUT2D eigenvalue weighted by atomic mass is 79.9. The van der Waals surface area contributed by atoms with Crippen molar-refractivity contribution in [1.82, 2.24) is 0 Å². The third kappa shape index (κ3) is 2.68. The number of hydrogen-bond donors (Lipinski definition) is 2. The fourth-order valence-electron chi connectivity index (χ4n) is 1.27. The molecule has 0 aliphatic rings. The minimum atomic E-state index is -0.560. The van der Waals surface area contributed by atoms with E-state index in [1.807, 2.05) is 0 Å². The summed E-state index contributed by atoms with van der Waals surface area (Å²) < 4.78 is 18.7. The maximum absolute atomic E-state index is 12.7. The Bertz CT molecular complexity index is 508. The molecule has 2 aromatic rings. The summed E-state index contributed by atoms with van der Waals surface area (Å²) in [5.41, 5.74) is 0. The predicted octanol–water partition coefficient (Wildman–Crippen LogP) is 3.79. The Morgan fingerprint density at radius 3 is 2.12 bits per heavy atom. The van der Waals surface area contributed by atoms with Gasteiger partial charge in [-0.05, 0) is 30.3 Å². The highest BCUT2D eigenvalue weighted by Crippen LogP contribution is 2.36. The van der Waals surface area contributed by atoms with E-state index in [0.29, 0.717) is 4.47 Å². The molecule has 0 aliphatic carbocycles. The van der Waals surface area contributed by atoms with Crippen molar-refractivity contribution in [2.24, 2.45) is 0 Å². The largest absolute Gasteiger partial charge is 0.504 e. The van der Waals surface area contributed by atoms with Crippen LogP contribution in [0.1, 0.15) is 0 Å². The van der Waals surface area contributed by atoms with Gasteiger partial charge in [-0.1, -0.05) is 15.9 Å². The molecule has 0 aliphatic heterocycles. The van der Waals surface area contributed by atoms with Crippen LogP contribution in [0.15, 0.2) is 40.9 Å². The van der Waals surface area contributed by atoms with Crippen molar-refractivity contribution in [3.63, 3.8) is 0 Å². The maximum atomic E-state index is 12.7. The van der Waals surface area contributed by atoms with Crippen LogP contribution in [0.2, 0.25) is 0 Å². The summed E-state index contributed by atoms with van der Waals surface area (Å²) in [4.78, 5) is 0. The van der Waals surface area contributed by atoms with E-state index in [-0.39, 0.29) is 23.0 Å². The van der Waals surface area contributed by atoms with Crippen molar-refractivity contribution >= 4 is 15.9 Å². The zero-order valence-electron chi connectivity index (χ0n) is 8.52. The molecule has 0 radical (unpaired) electrons. The number of aromatic hydroxyl groups is 2. The first-order chi connectivity index (χ1) is 8.06. The molecule has 5 heteroatoms. The Labute approximate surface area is 105 Å². The first kappa shape index (κ1) is 11.7. The standard InChI is InChI=1S/C12H8BrFO3/c13-7-1-3-11(9(15)5-7)17-12-4-2-8(14)6-10(12)16/h1-6,15-16H. The first-order valence-electron chi connectivity index (χ1n) is 4.71. The van der Waals surface area contributed by atoms with Crippen LogP contribution in [0.4, 0.5) is 4.39 Å². The van der Waals surface area contributed by atoms with E-state index < -0.39 is 5.82 Å². The van der Waals surface area contributed by atoms with Crippen molar-refractivity contribution in [2.75, 3.05) is 0 Å². The van der Waals surface area contributed by atoms with Gasteiger partial charge in [0, 0.05) is 10.5 Å². The fraction of sp³-hybridized carbons (Fsp3) is 0. The maximum Gasteiger partial charge on any atom is 0.169 e. The zero-order chi connectivity index (χ0) is 12.4. The summed E-state index contributed by atoms with van der Waals surface area (Å²) in [6.45, 7) is 0. The average molecular weight is 299 g/mol. The van der Waals surface area contributed by atoms with Crippen LogP contribution in [-0.2, 0) is 0 Å². The number of ether oxygens (including phenoxy) is 1. The van der Waals surface area contributed by atoms with Gasteiger partial charge in [0.1, 0.15) is 5.82 Å². The van der Waals surface area contributed by atoms with E-state index in [1.165, 1.54) is 18.2 Å². The molecule has 17 heavy (non-hydrogen) atoms. The van der Waals surface area contributed by atoms with Crippen LogP contribution in [0.3, 0.4) is 0 Å². The molecule has 0 spiro atoms. The van der Waals surface area contributed by atoms with Gasteiger partial charge in [0.25, 0.3) is 0 Å². The van der Waals surface area contributed by atoms with Gasteiger partial charge in [-0.15, -0.1) is 0 Å². The number of rotatable bonds is 2. The van der Waals surface area contributed by atoms with E-state index in [2.05, 4.69) is 15.9 Å². The van der Waals surface area contributed by atoms with Crippen molar-refractivity contribution in [3.05, 3.63) is 46.7 Å². The van der Waals surface area contributed by atoms with Crippen molar-refractivity contribution in [3.8, 4) is 23.0 Å². The number of halogens is 2. The minimum absolute atomic E-state index is 0.0732. The van der Waals surface area contributed by atoms with E-state index in [9.17, 15) is 14.6 Å². The van der Waals surface area contributed by atoms with E-state index in [1.54, 1.807) is 6.07 Å². The van der Waals surface area contributed by atoms with Crippen LogP contribution >= 0.6 is 15.9 Å². The SMILES string of the molecule is Oc1cc(F)ccc1Oc1ccc(Br)cc1O. The smallest absolute Gasteiger partial charge is 0.169 e. The molecule has 0 bridgehead atoms. The molecule has 0 unspecified atom stereocenters. The number of phenolic OH excluding ortho intramolecular Hbond substituents is 2. The molecule has 0 aromatic heterocycles. The highest BCUT2D eigenvalue weighted by Gasteiger charge is 2.08. The Balaban J connectivity index is 2.31. The molecular formula is C12H8BrFO3. The molecule has 2 rings (SSSR count). The van der Waals surface area contributed by atoms with Gasteiger partial charge < -0.3 is 14.9 Å². The van der Waals surface area contributed by atoms with Crippen molar-refractivity contribution < 1.29 is 19.3 Å². The van der Waals surface area contributed by atoms with Gasteiger partial charge in [-0.3, -0.25) is 0 Å². The van der Waals surface area contributed by atoms with Crippen LogP contribution < -0.4 is 4.74 Å². The predicted molar refractivity (Wildman–Crippen MR) is 63.9 cm³/mol.